The molecular formula is C32H51F2N. The molecule has 1 saturated carbocycles. The molecular weight excluding hydrogens is 436 g/mol. The van der Waals surface area contributed by atoms with Crippen molar-refractivity contribution >= 4 is 0 Å². The Hall–Kier alpha value is -2.16. The minimum atomic E-state index is -1.16. The van der Waals surface area contributed by atoms with Gasteiger partial charge in [-0.3, -0.25) is 0 Å². The monoisotopic (exact) mass is 487 g/mol. The van der Waals surface area contributed by atoms with E-state index in [-0.39, 0.29) is 17.8 Å². The lowest BCUT2D eigenvalue weighted by Gasteiger charge is -2.24. The number of alkyl halides is 1. The number of benzene rings is 1. The lowest BCUT2D eigenvalue weighted by atomic mass is 9.88. The van der Waals surface area contributed by atoms with Crippen molar-refractivity contribution in [1.82, 2.24) is 5.32 Å². The van der Waals surface area contributed by atoms with E-state index in [1.165, 1.54) is 6.07 Å². The summed E-state index contributed by atoms with van der Waals surface area (Å²) in [5.74, 6) is 0.474. The summed E-state index contributed by atoms with van der Waals surface area (Å²) in [6, 6.07) is 5.05. The highest BCUT2D eigenvalue weighted by Gasteiger charge is 2.41. The summed E-state index contributed by atoms with van der Waals surface area (Å²) in [7, 11) is 0. The van der Waals surface area contributed by atoms with E-state index in [1.807, 2.05) is 79.7 Å². The molecule has 4 unspecified atom stereocenters. The normalized spacial score (nSPS) is 19.6. The van der Waals surface area contributed by atoms with Gasteiger partial charge in [0, 0.05) is 17.7 Å². The lowest BCUT2D eigenvalue weighted by Crippen LogP contribution is -2.27. The Labute approximate surface area is 215 Å². The predicted octanol–water partition coefficient (Wildman–Crippen LogP) is 10.0. The molecule has 1 fully saturated rings. The molecule has 1 N–H and O–H groups in total. The van der Waals surface area contributed by atoms with E-state index in [2.05, 4.69) is 25.4 Å². The Morgan fingerprint density at radius 3 is 2.29 bits per heavy atom. The number of hydrogen-bond donors (Lipinski definition) is 1. The highest BCUT2D eigenvalue weighted by molar-refractivity contribution is 5.37. The van der Waals surface area contributed by atoms with Crippen LogP contribution in [0.4, 0.5) is 8.78 Å². The smallest absolute Gasteiger partial charge is 0.123 e. The third-order valence-corrected chi connectivity index (χ3v) is 6.83. The summed E-state index contributed by atoms with van der Waals surface area (Å²) in [4.78, 5) is 0. The van der Waals surface area contributed by atoms with Gasteiger partial charge in [0.25, 0.3) is 0 Å². The maximum Gasteiger partial charge on any atom is 0.123 e. The zero-order valence-corrected chi connectivity index (χ0v) is 24.1. The summed E-state index contributed by atoms with van der Waals surface area (Å²) in [5.41, 5.74) is 4.09. The van der Waals surface area contributed by atoms with Crippen molar-refractivity contribution in [3.8, 4) is 0 Å². The van der Waals surface area contributed by atoms with Crippen molar-refractivity contribution < 1.29 is 8.78 Å². The average molecular weight is 488 g/mol. The van der Waals surface area contributed by atoms with Crippen molar-refractivity contribution in [2.45, 2.75) is 106 Å². The molecule has 1 aromatic carbocycles. The molecule has 1 aliphatic carbocycles. The number of halogens is 2. The van der Waals surface area contributed by atoms with Crippen LogP contribution in [-0.4, -0.2) is 11.7 Å². The summed E-state index contributed by atoms with van der Waals surface area (Å²) < 4.78 is 28.2. The Balaban J connectivity index is 0.00000274. The molecule has 1 aliphatic rings. The van der Waals surface area contributed by atoms with E-state index in [9.17, 15) is 8.78 Å². The fourth-order valence-electron chi connectivity index (χ4n) is 3.77. The molecule has 0 radical (unpaired) electrons. The highest BCUT2D eigenvalue weighted by Crippen LogP contribution is 2.51. The molecule has 1 nitrogen and oxygen atoms in total. The number of aryl methyl sites for hydroxylation is 1. The van der Waals surface area contributed by atoms with Crippen LogP contribution in [-0.2, 0) is 0 Å². The number of allylic oxidation sites excluding steroid dienone is 4. The van der Waals surface area contributed by atoms with E-state index in [4.69, 9.17) is 0 Å². The van der Waals surface area contributed by atoms with Crippen LogP contribution in [0.5, 0.6) is 0 Å². The Morgan fingerprint density at radius 1 is 1.14 bits per heavy atom. The van der Waals surface area contributed by atoms with Gasteiger partial charge in [-0.05, 0) is 87.6 Å². The first-order valence-corrected chi connectivity index (χ1v) is 13.4. The standard InChI is InChI=1S/C28H39F2N.2C2H6/c1-9-23(14-15-28(8,30)18(2)3)12-10-19(4)21(6)31-22(7)26-17-27(26)25-16-24(29)13-11-20(25)5;2*1-2/h9-13,16,18,21,26-27,31H,4,7,14-15,17H2,1-3,5-6,8H3;2*1-2H3/b12-10-,23-9+;;. The quantitative estimate of drug-likeness (QED) is 0.306. The second-order valence-corrected chi connectivity index (χ2v) is 9.55. The molecule has 2 rings (SSSR count). The largest absolute Gasteiger partial charge is 0.382 e. The molecule has 0 spiro atoms. The molecule has 0 bridgehead atoms. The lowest BCUT2D eigenvalue weighted by molar-refractivity contribution is 0.112. The molecule has 4 atom stereocenters. The van der Waals surface area contributed by atoms with Crippen LogP contribution >= 0.6 is 0 Å². The second-order valence-electron chi connectivity index (χ2n) is 9.55. The molecule has 0 heterocycles. The first kappa shape index (κ1) is 32.8. The van der Waals surface area contributed by atoms with Gasteiger partial charge in [-0.2, -0.15) is 0 Å². The number of rotatable bonds is 11. The zero-order valence-electron chi connectivity index (χ0n) is 24.1. The molecule has 35 heavy (non-hydrogen) atoms. The van der Waals surface area contributed by atoms with Gasteiger partial charge in [-0.25, -0.2) is 8.78 Å². The predicted molar refractivity (Wildman–Crippen MR) is 152 cm³/mol. The summed E-state index contributed by atoms with van der Waals surface area (Å²) in [6.07, 6.45) is 8.28. The Morgan fingerprint density at radius 2 is 1.74 bits per heavy atom. The number of nitrogens with one attached hydrogen (secondary N) is 1. The van der Waals surface area contributed by atoms with Crippen LogP contribution in [0.25, 0.3) is 0 Å². The highest BCUT2D eigenvalue weighted by atomic mass is 19.1. The van der Waals surface area contributed by atoms with Crippen molar-refractivity contribution in [3.05, 3.63) is 83.4 Å². The third kappa shape index (κ3) is 10.5. The van der Waals surface area contributed by atoms with Crippen molar-refractivity contribution in [2.75, 3.05) is 0 Å². The van der Waals surface area contributed by atoms with Crippen LogP contribution in [0.2, 0.25) is 0 Å². The van der Waals surface area contributed by atoms with E-state index in [0.717, 1.165) is 34.4 Å². The third-order valence-electron chi connectivity index (χ3n) is 6.83. The Bertz CT molecular complexity index is 860. The molecule has 0 amide bonds. The van der Waals surface area contributed by atoms with E-state index < -0.39 is 5.67 Å². The number of hydrogen-bond acceptors (Lipinski definition) is 1. The molecule has 0 saturated heterocycles. The fourth-order valence-corrected chi connectivity index (χ4v) is 3.77. The van der Waals surface area contributed by atoms with Crippen molar-refractivity contribution in [1.29, 1.82) is 0 Å². The fraction of sp³-hybridized carbons (Fsp3) is 0.562. The van der Waals surface area contributed by atoms with Crippen molar-refractivity contribution in [2.24, 2.45) is 11.8 Å². The average Bonchev–Trinajstić information content (AvgIpc) is 3.64. The van der Waals surface area contributed by atoms with Gasteiger partial charge in [-0.15, -0.1) is 0 Å². The first-order valence-electron chi connectivity index (χ1n) is 13.4. The molecule has 198 valence electrons. The van der Waals surface area contributed by atoms with Gasteiger partial charge >= 0.3 is 0 Å². The topological polar surface area (TPSA) is 12.0 Å². The van der Waals surface area contributed by atoms with Gasteiger partial charge < -0.3 is 5.32 Å². The summed E-state index contributed by atoms with van der Waals surface area (Å²) in [5, 5.41) is 3.47. The molecule has 0 aliphatic heterocycles. The maximum absolute atomic E-state index is 14.6. The van der Waals surface area contributed by atoms with Gasteiger partial charge in [0.15, 0.2) is 0 Å². The first-order chi connectivity index (χ1) is 16.5. The van der Waals surface area contributed by atoms with Gasteiger partial charge in [0.1, 0.15) is 11.5 Å². The van der Waals surface area contributed by atoms with Gasteiger partial charge in [-0.1, -0.05) is 84.6 Å². The SMILES string of the molecule is C=C(/C=C\C(=C/C)CCC(C)(F)C(C)C)C(C)NC(=C)C1CC1c1cc(F)ccc1C.CC.CC. The second kappa shape index (κ2) is 15.8. The minimum absolute atomic E-state index is 0.00204. The van der Waals surface area contributed by atoms with E-state index >= 15 is 0 Å². The van der Waals surface area contributed by atoms with Crippen LogP contribution < -0.4 is 5.32 Å². The maximum atomic E-state index is 14.6. The van der Waals surface area contributed by atoms with Crippen LogP contribution in [0, 0.1) is 24.6 Å². The van der Waals surface area contributed by atoms with Crippen LogP contribution in [0.3, 0.4) is 0 Å². The summed E-state index contributed by atoms with van der Waals surface area (Å²) >= 11 is 0. The Kier molecular flexibility index (Phi) is 14.8. The molecule has 3 heteroatoms. The summed E-state index contributed by atoms with van der Waals surface area (Å²) in [6.45, 7) is 28.0. The molecule has 0 aromatic heterocycles. The van der Waals surface area contributed by atoms with Gasteiger partial charge in [0.05, 0.1) is 0 Å². The van der Waals surface area contributed by atoms with Crippen molar-refractivity contribution in [3.63, 3.8) is 0 Å². The zero-order chi connectivity index (χ0) is 27.3. The van der Waals surface area contributed by atoms with Crippen LogP contribution in [0.1, 0.15) is 98.6 Å². The van der Waals surface area contributed by atoms with E-state index in [0.29, 0.717) is 24.7 Å². The minimum Gasteiger partial charge on any atom is -0.382 e. The van der Waals surface area contributed by atoms with Crippen LogP contribution in [0.15, 0.2) is 66.4 Å². The van der Waals surface area contributed by atoms with E-state index in [1.54, 1.807) is 13.0 Å². The molecule has 1 aromatic rings. The van der Waals surface area contributed by atoms with Gasteiger partial charge in [0.2, 0.25) is 0 Å².